The average molecular weight is 297 g/mol. The maximum Gasteiger partial charge on any atom is 0.0991 e. The molecule has 1 unspecified atom stereocenters. The fourth-order valence-electron chi connectivity index (χ4n) is 2.65. The van der Waals surface area contributed by atoms with Gasteiger partial charge in [0.1, 0.15) is 0 Å². The van der Waals surface area contributed by atoms with Crippen molar-refractivity contribution in [3.05, 3.63) is 41.1 Å². The smallest absolute Gasteiger partial charge is 0.0991 e. The first-order valence-corrected chi connectivity index (χ1v) is 7.84. The fraction of sp³-hybridized carbons (Fsp3) is 0.444. The van der Waals surface area contributed by atoms with Crippen molar-refractivity contribution in [3.63, 3.8) is 0 Å². The molecule has 4 nitrogen and oxygen atoms in total. The van der Waals surface area contributed by atoms with Gasteiger partial charge in [0.2, 0.25) is 0 Å². The Bertz CT molecular complexity index is 659. The van der Waals surface area contributed by atoms with E-state index in [4.69, 9.17) is 15.1 Å². The lowest BCUT2D eigenvalue weighted by atomic mass is 10.1. The predicted octanol–water partition coefficient (Wildman–Crippen LogP) is 4.03. The molecule has 1 atom stereocenters. The lowest BCUT2D eigenvalue weighted by molar-refractivity contribution is 0.184. The van der Waals surface area contributed by atoms with E-state index in [0.717, 1.165) is 30.9 Å². The van der Waals surface area contributed by atoms with E-state index in [2.05, 4.69) is 24.6 Å². The zero-order chi connectivity index (χ0) is 16.1. The van der Waals surface area contributed by atoms with Gasteiger partial charge in [0.05, 0.1) is 30.0 Å². The topological polar surface area (TPSA) is 50.8 Å². The van der Waals surface area contributed by atoms with Crippen molar-refractivity contribution >= 4 is 0 Å². The van der Waals surface area contributed by atoms with Crippen molar-refractivity contribution in [2.75, 3.05) is 13.2 Å². The Balaban J connectivity index is 0.000000847. The van der Waals surface area contributed by atoms with Gasteiger partial charge in [0.25, 0.3) is 0 Å². The number of aromatic nitrogens is 2. The Morgan fingerprint density at radius 2 is 1.91 bits per heavy atom. The second kappa shape index (κ2) is 7.24. The third kappa shape index (κ3) is 3.05. The van der Waals surface area contributed by atoms with Crippen LogP contribution in [0.5, 0.6) is 0 Å². The lowest BCUT2D eigenvalue weighted by Crippen LogP contribution is -2.12. The van der Waals surface area contributed by atoms with Crippen molar-refractivity contribution < 1.29 is 4.74 Å². The minimum absolute atomic E-state index is 0.348. The summed E-state index contributed by atoms with van der Waals surface area (Å²) in [6, 6.07) is 10.1. The Kier molecular flexibility index (Phi) is 5.35. The molecule has 1 saturated heterocycles. The summed E-state index contributed by atoms with van der Waals surface area (Å²) in [7, 11) is 0. The molecule has 116 valence electrons. The van der Waals surface area contributed by atoms with Gasteiger partial charge in [-0.2, -0.15) is 10.4 Å². The summed E-state index contributed by atoms with van der Waals surface area (Å²) in [6.07, 6.45) is 1.02. The van der Waals surface area contributed by atoms with Gasteiger partial charge < -0.3 is 4.74 Å². The number of hydrogen-bond donors (Lipinski definition) is 0. The predicted molar refractivity (Wildman–Crippen MR) is 87.7 cm³/mol. The third-order valence-electron chi connectivity index (χ3n) is 3.99. The zero-order valence-electron chi connectivity index (χ0n) is 13.8. The molecule has 0 amide bonds. The van der Waals surface area contributed by atoms with Crippen LogP contribution in [0.2, 0.25) is 0 Å². The molecule has 0 saturated carbocycles. The van der Waals surface area contributed by atoms with E-state index in [-0.39, 0.29) is 0 Å². The summed E-state index contributed by atoms with van der Waals surface area (Å²) >= 11 is 0. The van der Waals surface area contributed by atoms with Crippen molar-refractivity contribution in [1.29, 1.82) is 5.26 Å². The minimum Gasteiger partial charge on any atom is -0.379 e. The van der Waals surface area contributed by atoms with Crippen LogP contribution in [0.4, 0.5) is 0 Å². The summed E-state index contributed by atoms with van der Waals surface area (Å²) in [6.45, 7) is 9.76. The molecular formula is C18H23N3O. The largest absolute Gasteiger partial charge is 0.379 e. The van der Waals surface area contributed by atoms with Gasteiger partial charge in [-0.05, 0) is 38.0 Å². The van der Waals surface area contributed by atoms with Crippen LogP contribution < -0.4 is 0 Å². The second-order valence-electron chi connectivity index (χ2n) is 5.21. The summed E-state index contributed by atoms with van der Waals surface area (Å²) in [5.74, 6) is 0. The van der Waals surface area contributed by atoms with E-state index in [0.29, 0.717) is 11.6 Å². The number of hydrogen-bond acceptors (Lipinski definition) is 3. The molecule has 22 heavy (non-hydrogen) atoms. The maximum absolute atomic E-state index is 8.86. The first-order chi connectivity index (χ1) is 10.7. The third-order valence-corrected chi connectivity index (χ3v) is 3.99. The van der Waals surface area contributed by atoms with Gasteiger partial charge in [-0.1, -0.05) is 26.0 Å². The van der Waals surface area contributed by atoms with Crippen LogP contribution in [0.1, 0.15) is 43.1 Å². The van der Waals surface area contributed by atoms with Crippen LogP contribution >= 0.6 is 0 Å². The van der Waals surface area contributed by atoms with Gasteiger partial charge in [0, 0.05) is 17.9 Å². The Morgan fingerprint density at radius 3 is 2.45 bits per heavy atom. The quantitative estimate of drug-likeness (QED) is 0.841. The van der Waals surface area contributed by atoms with Gasteiger partial charge in [-0.25, -0.2) is 0 Å². The summed E-state index contributed by atoms with van der Waals surface area (Å²) in [4.78, 5) is 0. The van der Waals surface area contributed by atoms with Crippen LogP contribution in [0.3, 0.4) is 0 Å². The standard InChI is InChI=1S/C16H17N3O.C2H6/c1-11-12(2)19(15-7-8-20-10-15)18-16(11)14-5-3-13(9-17)4-6-14;1-2/h3-6,15H,7-8,10H2,1-2H3;1-2H3. The van der Waals surface area contributed by atoms with Gasteiger partial charge in [0.15, 0.2) is 0 Å². The molecule has 0 aliphatic carbocycles. The number of benzene rings is 1. The van der Waals surface area contributed by atoms with Crippen LogP contribution in [-0.4, -0.2) is 23.0 Å². The monoisotopic (exact) mass is 297 g/mol. The fourth-order valence-corrected chi connectivity index (χ4v) is 2.65. The van der Waals surface area contributed by atoms with E-state index in [1.165, 1.54) is 11.3 Å². The average Bonchev–Trinajstić information content (AvgIpc) is 3.19. The SMILES string of the molecule is CC.Cc1c(-c2ccc(C#N)cc2)nn(C2CCOC2)c1C. The molecule has 0 radical (unpaired) electrons. The van der Waals surface area contributed by atoms with Crippen LogP contribution in [0, 0.1) is 25.2 Å². The number of rotatable bonds is 2. The van der Waals surface area contributed by atoms with Gasteiger partial charge >= 0.3 is 0 Å². The van der Waals surface area contributed by atoms with Gasteiger partial charge in [-0.3, -0.25) is 4.68 Å². The molecule has 2 aromatic rings. The van der Waals surface area contributed by atoms with Crippen molar-refractivity contribution in [2.45, 2.75) is 40.2 Å². The van der Waals surface area contributed by atoms with E-state index in [1.807, 2.05) is 38.1 Å². The maximum atomic E-state index is 8.86. The Labute approximate surface area is 132 Å². The molecule has 1 aromatic carbocycles. The molecular weight excluding hydrogens is 274 g/mol. The van der Waals surface area contributed by atoms with E-state index in [1.54, 1.807) is 0 Å². The summed E-state index contributed by atoms with van der Waals surface area (Å²) in [5.41, 5.74) is 5.12. The molecule has 2 heterocycles. The van der Waals surface area contributed by atoms with Crippen LogP contribution in [-0.2, 0) is 4.74 Å². The van der Waals surface area contributed by atoms with E-state index >= 15 is 0 Å². The van der Waals surface area contributed by atoms with Crippen molar-refractivity contribution in [3.8, 4) is 17.3 Å². The highest BCUT2D eigenvalue weighted by Crippen LogP contribution is 2.29. The molecule has 0 bridgehead atoms. The highest BCUT2D eigenvalue weighted by molar-refractivity contribution is 5.64. The molecule has 1 aromatic heterocycles. The first kappa shape index (κ1) is 16.3. The second-order valence-corrected chi connectivity index (χ2v) is 5.21. The molecule has 0 spiro atoms. The Hall–Kier alpha value is -2.12. The molecule has 1 aliphatic rings. The number of ether oxygens (including phenoxy) is 1. The summed E-state index contributed by atoms with van der Waals surface area (Å²) in [5, 5.41) is 13.6. The van der Waals surface area contributed by atoms with Crippen LogP contribution in [0.15, 0.2) is 24.3 Å². The van der Waals surface area contributed by atoms with Gasteiger partial charge in [-0.15, -0.1) is 0 Å². The lowest BCUT2D eigenvalue weighted by Gasteiger charge is -2.10. The molecule has 4 heteroatoms. The number of nitriles is 1. The van der Waals surface area contributed by atoms with Crippen molar-refractivity contribution in [1.82, 2.24) is 9.78 Å². The normalized spacial score (nSPS) is 16.8. The van der Waals surface area contributed by atoms with Crippen molar-refractivity contribution in [2.24, 2.45) is 0 Å². The van der Waals surface area contributed by atoms with E-state index < -0.39 is 0 Å². The highest BCUT2D eigenvalue weighted by atomic mass is 16.5. The summed E-state index contributed by atoms with van der Waals surface area (Å²) < 4.78 is 7.55. The van der Waals surface area contributed by atoms with Crippen LogP contribution in [0.25, 0.3) is 11.3 Å². The first-order valence-electron chi connectivity index (χ1n) is 7.84. The number of nitrogens with zero attached hydrogens (tertiary/aromatic N) is 3. The molecule has 1 fully saturated rings. The molecule has 0 N–H and O–H groups in total. The molecule has 1 aliphatic heterocycles. The Morgan fingerprint density at radius 1 is 1.23 bits per heavy atom. The zero-order valence-corrected chi connectivity index (χ0v) is 13.8. The van der Waals surface area contributed by atoms with E-state index in [9.17, 15) is 0 Å². The molecule has 3 rings (SSSR count). The highest BCUT2D eigenvalue weighted by Gasteiger charge is 2.22. The minimum atomic E-state index is 0.348.